The zero-order valence-electron chi connectivity index (χ0n) is 13.9. The van der Waals surface area contributed by atoms with Crippen molar-refractivity contribution in [3.05, 3.63) is 59.8 Å². The van der Waals surface area contributed by atoms with Crippen molar-refractivity contribution in [2.24, 2.45) is 5.14 Å². The van der Waals surface area contributed by atoms with E-state index in [0.29, 0.717) is 0 Å². The van der Waals surface area contributed by atoms with E-state index >= 15 is 0 Å². The molecule has 0 aliphatic heterocycles. The second-order valence-corrected chi connectivity index (χ2v) is 7.45. The molecule has 3 aromatic rings. The molecular weight excluding hydrogens is 383 g/mol. The topological polar surface area (TPSA) is 98.2 Å². The van der Waals surface area contributed by atoms with Crippen LogP contribution in [0, 0.1) is 6.92 Å². The van der Waals surface area contributed by atoms with Gasteiger partial charge in [0.25, 0.3) is 0 Å². The van der Waals surface area contributed by atoms with Crippen LogP contribution in [0.4, 0.5) is 13.2 Å². The first-order valence-electron chi connectivity index (χ1n) is 7.57. The molecular formula is C17H14F3N3O3S. The largest absolute Gasteiger partial charge is 0.507 e. The highest BCUT2D eigenvalue weighted by atomic mass is 32.2. The van der Waals surface area contributed by atoms with Gasteiger partial charge in [0.05, 0.1) is 16.3 Å². The van der Waals surface area contributed by atoms with Gasteiger partial charge in [0, 0.05) is 5.56 Å². The highest BCUT2D eigenvalue weighted by Crippen LogP contribution is 2.36. The highest BCUT2D eigenvalue weighted by Gasteiger charge is 2.35. The van der Waals surface area contributed by atoms with Crippen molar-refractivity contribution >= 4 is 10.0 Å². The Morgan fingerprint density at radius 1 is 1.07 bits per heavy atom. The molecule has 2 aromatic carbocycles. The van der Waals surface area contributed by atoms with Crippen molar-refractivity contribution in [3.8, 4) is 22.7 Å². The van der Waals surface area contributed by atoms with Crippen LogP contribution in [0.25, 0.3) is 16.9 Å². The number of aryl methyl sites for hydroxylation is 1. The lowest BCUT2D eigenvalue weighted by atomic mass is 10.1. The zero-order valence-corrected chi connectivity index (χ0v) is 14.7. The average Bonchev–Trinajstić information content (AvgIpc) is 2.99. The molecule has 0 unspecified atom stereocenters. The first kappa shape index (κ1) is 18.9. The van der Waals surface area contributed by atoms with Crippen LogP contribution in [0.1, 0.15) is 11.3 Å². The van der Waals surface area contributed by atoms with Gasteiger partial charge in [0.2, 0.25) is 10.0 Å². The summed E-state index contributed by atoms with van der Waals surface area (Å²) in [6, 6.07) is 10.3. The predicted molar refractivity (Wildman–Crippen MR) is 91.8 cm³/mol. The van der Waals surface area contributed by atoms with Crippen molar-refractivity contribution in [2.75, 3.05) is 0 Å². The maximum absolute atomic E-state index is 13.2. The van der Waals surface area contributed by atoms with Crippen molar-refractivity contribution in [2.45, 2.75) is 18.0 Å². The van der Waals surface area contributed by atoms with Crippen LogP contribution in [0.2, 0.25) is 0 Å². The second-order valence-electron chi connectivity index (χ2n) is 5.88. The molecule has 0 atom stereocenters. The molecule has 10 heteroatoms. The molecule has 0 saturated carbocycles. The van der Waals surface area contributed by atoms with Gasteiger partial charge in [-0.15, -0.1) is 0 Å². The molecule has 3 rings (SSSR count). The minimum atomic E-state index is -4.69. The minimum absolute atomic E-state index is 0.00295. The fraction of sp³-hybridized carbons (Fsp3) is 0.118. The van der Waals surface area contributed by atoms with E-state index in [1.165, 1.54) is 36.4 Å². The summed E-state index contributed by atoms with van der Waals surface area (Å²) >= 11 is 0. The Kier molecular flexibility index (Phi) is 4.48. The quantitative estimate of drug-likeness (QED) is 0.709. The third kappa shape index (κ3) is 3.81. The predicted octanol–water partition coefficient (Wildman–Crippen LogP) is 3.22. The number of hydrogen-bond acceptors (Lipinski definition) is 4. The monoisotopic (exact) mass is 397 g/mol. The summed E-state index contributed by atoms with van der Waals surface area (Å²) in [5.41, 5.74) is -0.0842. The van der Waals surface area contributed by atoms with Gasteiger partial charge in [0.1, 0.15) is 5.75 Å². The number of nitrogens with zero attached hydrogens (tertiary/aromatic N) is 2. The number of hydrogen-bond donors (Lipinski definition) is 2. The Morgan fingerprint density at radius 2 is 1.70 bits per heavy atom. The molecule has 1 aromatic heterocycles. The molecule has 0 fully saturated rings. The SMILES string of the molecule is Cc1ccc(-c2cc(C(F)(F)F)nn2-c2ccc(S(N)(=O)=O)cc2)c(O)c1. The van der Waals surface area contributed by atoms with E-state index in [2.05, 4.69) is 5.10 Å². The van der Waals surface area contributed by atoms with Gasteiger partial charge in [-0.25, -0.2) is 18.2 Å². The van der Waals surface area contributed by atoms with Crippen LogP contribution in [-0.2, 0) is 16.2 Å². The van der Waals surface area contributed by atoms with Crippen molar-refractivity contribution < 1.29 is 26.7 Å². The van der Waals surface area contributed by atoms with Gasteiger partial charge in [-0.1, -0.05) is 6.07 Å². The number of rotatable bonds is 3. The molecule has 0 spiro atoms. The molecule has 0 bridgehead atoms. The minimum Gasteiger partial charge on any atom is -0.507 e. The lowest BCUT2D eigenvalue weighted by Gasteiger charge is -2.10. The van der Waals surface area contributed by atoms with E-state index in [-0.39, 0.29) is 27.6 Å². The lowest BCUT2D eigenvalue weighted by Crippen LogP contribution is -2.12. The maximum atomic E-state index is 13.2. The summed E-state index contributed by atoms with van der Waals surface area (Å²) in [6.07, 6.45) is -4.69. The molecule has 0 aliphatic rings. The van der Waals surface area contributed by atoms with Crippen LogP contribution in [-0.4, -0.2) is 23.3 Å². The van der Waals surface area contributed by atoms with E-state index in [4.69, 9.17) is 5.14 Å². The number of nitrogens with two attached hydrogens (primary N) is 1. The smallest absolute Gasteiger partial charge is 0.435 e. The number of sulfonamides is 1. The highest BCUT2D eigenvalue weighted by molar-refractivity contribution is 7.89. The van der Waals surface area contributed by atoms with E-state index in [1.807, 2.05) is 0 Å². The molecule has 0 saturated heterocycles. The summed E-state index contributed by atoms with van der Waals surface area (Å²) < 4.78 is 63.2. The van der Waals surface area contributed by atoms with Crippen molar-refractivity contribution in [1.29, 1.82) is 0 Å². The Bertz CT molecular complexity index is 1100. The van der Waals surface area contributed by atoms with Crippen molar-refractivity contribution in [3.63, 3.8) is 0 Å². The van der Waals surface area contributed by atoms with Crippen LogP contribution in [0.5, 0.6) is 5.75 Å². The number of primary sulfonamides is 1. The fourth-order valence-corrected chi connectivity index (χ4v) is 3.06. The fourth-order valence-electron chi connectivity index (χ4n) is 2.54. The standard InChI is InChI=1S/C17H14F3N3O3S/c1-10-2-7-13(15(24)8-10)14-9-16(17(18,19)20)22-23(14)11-3-5-12(6-4-11)27(21,25)26/h2-9,24H,1H3,(H2,21,25,26). The molecule has 0 amide bonds. The summed E-state index contributed by atoms with van der Waals surface area (Å²) in [4.78, 5) is -0.186. The Labute approximate surface area is 152 Å². The van der Waals surface area contributed by atoms with E-state index in [1.54, 1.807) is 13.0 Å². The van der Waals surface area contributed by atoms with E-state index in [0.717, 1.165) is 16.3 Å². The lowest BCUT2D eigenvalue weighted by molar-refractivity contribution is -0.141. The summed E-state index contributed by atoms with van der Waals surface area (Å²) in [5.74, 6) is -0.203. The zero-order chi connectivity index (χ0) is 20.0. The molecule has 3 N–H and O–H groups in total. The normalized spacial score (nSPS) is 12.3. The van der Waals surface area contributed by atoms with Crippen LogP contribution >= 0.6 is 0 Å². The number of phenols is 1. The number of alkyl halides is 3. The first-order chi connectivity index (χ1) is 12.5. The van der Waals surface area contributed by atoms with Gasteiger partial charge in [-0.3, -0.25) is 0 Å². The van der Waals surface area contributed by atoms with E-state index in [9.17, 15) is 26.7 Å². The number of phenolic OH excluding ortho intramolecular Hbond substituents is 1. The number of aromatic nitrogens is 2. The van der Waals surface area contributed by atoms with Crippen molar-refractivity contribution in [1.82, 2.24) is 9.78 Å². The molecule has 1 heterocycles. The number of benzene rings is 2. The van der Waals surface area contributed by atoms with Gasteiger partial charge >= 0.3 is 6.18 Å². The molecule has 6 nitrogen and oxygen atoms in total. The molecule has 142 valence electrons. The average molecular weight is 397 g/mol. The molecule has 0 aliphatic carbocycles. The third-order valence-corrected chi connectivity index (χ3v) is 4.77. The van der Waals surface area contributed by atoms with E-state index < -0.39 is 21.9 Å². The van der Waals surface area contributed by atoms with Gasteiger partial charge in [-0.2, -0.15) is 18.3 Å². The van der Waals surface area contributed by atoms with Gasteiger partial charge in [-0.05, 0) is 55.0 Å². The summed E-state index contributed by atoms with van der Waals surface area (Å²) in [5, 5.41) is 18.8. The van der Waals surface area contributed by atoms with Crippen LogP contribution in [0.3, 0.4) is 0 Å². The molecule has 27 heavy (non-hydrogen) atoms. The Hall–Kier alpha value is -2.85. The van der Waals surface area contributed by atoms with Gasteiger partial charge < -0.3 is 5.11 Å². The number of halogens is 3. The first-order valence-corrected chi connectivity index (χ1v) is 9.12. The third-order valence-electron chi connectivity index (χ3n) is 3.84. The Balaban J connectivity index is 2.21. The summed E-state index contributed by atoms with van der Waals surface area (Å²) in [7, 11) is -3.94. The summed E-state index contributed by atoms with van der Waals surface area (Å²) in [6.45, 7) is 1.73. The maximum Gasteiger partial charge on any atom is 0.435 e. The van der Waals surface area contributed by atoms with Crippen LogP contribution in [0.15, 0.2) is 53.4 Å². The van der Waals surface area contributed by atoms with Crippen LogP contribution < -0.4 is 5.14 Å². The Morgan fingerprint density at radius 3 is 2.22 bits per heavy atom. The van der Waals surface area contributed by atoms with Gasteiger partial charge in [0.15, 0.2) is 5.69 Å². The number of aromatic hydroxyl groups is 1. The second kappa shape index (κ2) is 6.39. The molecule has 0 radical (unpaired) electrons.